The molecule has 3 aromatic rings. The lowest BCUT2D eigenvalue weighted by molar-refractivity contribution is 0.0374. The van der Waals surface area contributed by atoms with Gasteiger partial charge in [0.25, 0.3) is 5.91 Å². The maximum absolute atomic E-state index is 12.8. The molecule has 4 rings (SSSR count). The summed E-state index contributed by atoms with van der Waals surface area (Å²) in [5, 5.41) is 13.9. The van der Waals surface area contributed by atoms with Gasteiger partial charge in [0.2, 0.25) is 0 Å². The van der Waals surface area contributed by atoms with Gasteiger partial charge in [-0.2, -0.15) is 5.26 Å². The molecule has 1 N–H and O–H groups in total. The van der Waals surface area contributed by atoms with Gasteiger partial charge in [0.1, 0.15) is 11.8 Å². The van der Waals surface area contributed by atoms with E-state index >= 15 is 0 Å². The number of amides is 1. The van der Waals surface area contributed by atoms with Crippen LogP contribution in [-0.4, -0.2) is 61.9 Å². The highest BCUT2D eigenvalue weighted by molar-refractivity contribution is 5.98. The quantitative estimate of drug-likeness (QED) is 0.534. The molecule has 33 heavy (non-hydrogen) atoms. The predicted octanol–water partition coefficient (Wildman–Crippen LogP) is 3.66. The minimum atomic E-state index is -0.0989. The number of aromatic nitrogens is 1. The minimum absolute atomic E-state index is 0.0989. The Balaban J connectivity index is 1.54. The number of nitriles is 1. The molecule has 7 heteroatoms. The van der Waals surface area contributed by atoms with Crippen molar-refractivity contribution in [3.8, 4) is 23.1 Å². The lowest BCUT2D eigenvalue weighted by Gasteiger charge is -2.26. The maximum Gasteiger partial charge on any atom is 0.251 e. The van der Waals surface area contributed by atoms with Crippen LogP contribution in [0, 0.1) is 11.3 Å². The van der Waals surface area contributed by atoms with Crippen molar-refractivity contribution in [2.45, 2.75) is 19.9 Å². The van der Waals surface area contributed by atoms with Gasteiger partial charge in [-0.25, -0.2) is 0 Å². The summed E-state index contributed by atoms with van der Waals surface area (Å²) < 4.78 is 12.9. The molecule has 7 nitrogen and oxygen atoms in total. The molecule has 0 aliphatic carbocycles. The summed E-state index contributed by atoms with van der Waals surface area (Å²) in [6.45, 7) is 7.79. The highest BCUT2D eigenvalue weighted by atomic mass is 16.5. The lowest BCUT2D eigenvalue weighted by atomic mass is 10.0. The second-order valence-electron chi connectivity index (χ2n) is 8.11. The van der Waals surface area contributed by atoms with Crippen LogP contribution < -0.4 is 10.1 Å². The summed E-state index contributed by atoms with van der Waals surface area (Å²) >= 11 is 0. The van der Waals surface area contributed by atoms with Crippen LogP contribution in [0.25, 0.3) is 22.2 Å². The number of carbonyl (C=O) groups excluding carboxylic acids is 1. The van der Waals surface area contributed by atoms with Crippen molar-refractivity contribution < 1.29 is 14.3 Å². The number of hydrogen-bond donors (Lipinski definition) is 1. The molecule has 1 amide bonds. The number of carbonyl (C=O) groups is 1. The summed E-state index contributed by atoms with van der Waals surface area (Å²) in [4.78, 5) is 15.2. The van der Waals surface area contributed by atoms with E-state index in [0.29, 0.717) is 24.2 Å². The molecule has 0 bridgehead atoms. The van der Waals surface area contributed by atoms with Crippen LogP contribution in [0.1, 0.15) is 29.3 Å². The van der Waals surface area contributed by atoms with Gasteiger partial charge in [0, 0.05) is 48.8 Å². The van der Waals surface area contributed by atoms with Gasteiger partial charge < -0.3 is 19.4 Å². The van der Waals surface area contributed by atoms with Crippen molar-refractivity contribution in [2.24, 2.45) is 0 Å². The van der Waals surface area contributed by atoms with Gasteiger partial charge >= 0.3 is 0 Å². The highest BCUT2D eigenvalue weighted by Crippen LogP contribution is 2.35. The summed E-state index contributed by atoms with van der Waals surface area (Å²) in [5.41, 5.74) is 3.82. The first kappa shape index (κ1) is 22.8. The van der Waals surface area contributed by atoms with Crippen molar-refractivity contribution in [1.29, 1.82) is 5.26 Å². The second-order valence-corrected chi connectivity index (χ2v) is 8.11. The second kappa shape index (κ2) is 10.5. The van der Waals surface area contributed by atoms with Crippen molar-refractivity contribution >= 4 is 16.8 Å². The fraction of sp³-hybridized carbons (Fsp3) is 0.385. The molecule has 1 aromatic heterocycles. The Morgan fingerprint density at radius 1 is 1.21 bits per heavy atom. The summed E-state index contributed by atoms with van der Waals surface area (Å²) in [7, 11) is 1.63. The third-order valence-corrected chi connectivity index (χ3v) is 6.14. The molecule has 1 saturated heterocycles. The third kappa shape index (κ3) is 4.87. The minimum Gasteiger partial charge on any atom is -0.497 e. The fourth-order valence-electron chi connectivity index (χ4n) is 4.44. The number of fused-ring (bicyclic) bond motifs is 1. The average Bonchev–Trinajstić information content (AvgIpc) is 3.19. The van der Waals surface area contributed by atoms with E-state index in [0.717, 1.165) is 67.2 Å². The molecular weight excluding hydrogens is 416 g/mol. The molecule has 0 atom stereocenters. The Bertz CT molecular complexity index is 1170. The maximum atomic E-state index is 12.8. The van der Waals surface area contributed by atoms with E-state index in [4.69, 9.17) is 9.47 Å². The van der Waals surface area contributed by atoms with E-state index in [1.54, 1.807) is 7.11 Å². The first-order valence-electron chi connectivity index (χ1n) is 11.4. The van der Waals surface area contributed by atoms with Crippen molar-refractivity contribution in [3.63, 3.8) is 0 Å². The Morgan fingerprint density at radius 3 is 2.76 bits per heavy atom. The Morgan fingerprint density at radius 2 is 2.03 bits per heavy atom. The van der Waals surface area contributed by atoms with Crippen LogP contribution in [0.4, 0.5) is 0 Å². The monoisotopic (exact) mass is 446 g/mol. The topological polar surface area (TPSA) is 79.5 Å². The SMILES string of the molecule is CCn1c(-c2cccc(C(=O)NCCCN3CCOCC3)c2)c(C#N)c2ccc(OC)cc21. The number of aryl methyl sites for hydroxylation is 1. The zero-order valence-electron chi connectivity index (χ0n) is 19.3. The molecule has 0 saturated carbocycles. The zero-order valence-corrected chi connectivity index (χ0v) is 19.3. The first-order valence-corrected chi connectivity index (χ1v) is 11.4. The Kier molecular flexibility index (Phi) is 7.28. The molecule has 0 spiro atoms. The molecule has 0 radical (unpaired) electrons. The predicted molar refractivity (Wildman–Crippen MR) is 129 cm³/mol. The first-order chi connectivity index (χ1) is 16.2. The number of hydrogen-bond acceptors (Lipinski definition) is 5. The summed E-state index contributed by atoms with van der Waals surface area (Å²) in [6.07, 6.45) is 0.899. The third-order valence-electron chi connectivity index (χ3n) is 6.14. The standard InChI is InChI=1S/C26H30N4O3/c1-3-30-24-17-21(32-2)8-9-22(24)23(18-27)25(30)19-6-4-7-20(16-19)26(31)28-10-5-11-29-12-14-33-15-13-29/h4,6-9,16-17H,3,5,10-15H2,1-2H3,(H,28,31). The van der Waals surface area contributed by atoms with E-state index in [1.165, 1.54) is 0 Å². The van der Waals surface area contributed by atoms with Crippen LogP contribution in [0.2, 0.25) is 0 Å². The van der Waals surface area contributed by atoms with Gasteiger partial charge in [-0.05, 0) is 44.2 Å². The number of ether oxygens (including phenoxy) is 2. The highest BCUT2D eigenvalue weighted by Gasteiger charge is 2.19. The van der Waals surface area contributed by atoms with E-state index in [-0.39, 0.29) is 5.91 Å². The molecule has 172 valence electrons. The summed E-state index contributed by atoms with van der Waals surface area (Å²) in [5.74, 6) is 0.647. The van der Waals surface area contributed by atoms with Crippen molar-refractivity contribution in [2.75, 3.05) is 46.5 Å². The van der Waals surface area contributed by atoms with Crippen LogP contribution >= 0.6 is 0 Å². The van der Waals surface area contributed by atoms with E-state index in [1.807, 2.05) is 42.5 Å². The van der Waals surface area contributed by atoms with Gasteiger partial charge in [0.05, 0.1) is 37.1 Å². The fourth-order valence-corrected chi connectivity index (χ4v) is 4.44. The Hall–Kier alpha value is -3.34. The lowest BCUT2D eigenvalue weighted by Crippen LogP contribution is -2.38. The van der Waals surface area contributed by atoms with E-state index in [9.17, 15) is 10.1 Å². The molecular formula is C26H30N4O3. The molecule has 2 aromatic carbocycles. The number of nitrogens with zero attached hydrogens (tertiary/aromatic N) is 3. The van der Waals surface area contributed by atoms with Crippen LogP contribution in [0.3, 0.4) is 0 Å². The number of morpholine rings is 1. The van der Waals surface area contributed by atoms with Gasteiger partial charge in [-0.15, -0.1) is 0 Å². The van der Waals surface area contributed by atoms with Crippen molar-refractivity contribution in [1.82, 2.24) is 14.8 Å². The van der Waals surface area contributed by atoms with Crippen LogP contribution in [0.15, 0.2) is 42.5 Å². The normalized spacial score (nSPS) is 14.2. The van der Waals surface area contributed by atoms with Gasteiger partial charge in [-0.3, -0.25) is 9.69 Å². The van der Waals surface area contributed by atoms with E-state index in [2.05, 4.69) is 27.8 Å². The molecule has 0 unspecified atom stereocenters. The molecule has 1 fully saturated rings. The molecule has 2 heterocycles. The molecule has 1 aliphatic heterocycles. The molecule has 1 aliphatic rings. The number of benzene rings is 2. The van der Waals surface area contributed by atoms with Gasteiger partial charge in [0.15, 0.2) is 0 Å². The van der Waals surface area contributed by atoms with E-state index < -0.39 is 0 Å². The largest absolute Gasteiger partial charge is 0.497 e. The number of methoxy groups -OCH3 is 1. The smallest absolute Gasteiger partial charge is 0.251 e. The van der Waals surface area contributed by atoms with Crippen LogP contribution in [-0.2, 0) is 11.3 Å². The Labute approximate surface area is 194 Å². The summed E-state index contributed by atoms with van der Waals surface area (Å²) in [6, 6.07) is 15.6. The average molecular weight is 447 g/mol. The van der Waals surface area contributed by atoms with Crippen LogP contribution in [0.5, 0.6) is 5.75 Å². The number of nitrogens with one attached hydrogen (secondary N) is 1. The van der Waals surface area contributed by atoms with Gasteiger partial charge in [-0.1, -0.05) is 12.1 Å². The zero-order chi connectivity index (χ0) is 23.2. The van der Waals surface area contributed by atoms with Crippen molar-refractivity contribution in [3.05, 3.63) is 53.6 Å². The number of rotatable bonds is 8.